The van der Waals surface area contributed by atoms with Gasteiger partial charge in [-0.15, -0.1) is 0 Å². The van der Waals surface area contributed by atoms with Gasteiger partial charge in [0, 0.05) is 26.2 Å². The Morgan fingerprint density at radius 1 is 1.04 bits per heavy atom. The van der Waals surface area contributed by atoms with E-state index in [0.717, 1.165) is 23.6 Å². The van der Waals surface area contributed by atoms with Crippen LogP contribution in [0.2, 0.25) is 0 Å². The molecule has 1 aliphatic rings. The van der Waals surface area contributed by atoms with E-state index in [1.54, 1.807) is 0 Å². The molecule has 1 N–H and O–H groups in total. The van der Waals surface area contributed by atoms with E-state index in [4.69, 9.17) is 4.74 Å². The summed E-state index contributed by atoms with van der Waals surface area (Å²) in [6.45, 7) is 4.40. The standard InChI is InChI=1S/C19H20F3N3O2/c1-2-27-16-6-4-3-5-15(16)24-9-11-25(12-10-24)19(26)23-14-8-7-13(20)17(21)18(14)22/h3-8H,2,9-12H2,1H3,(H,23,26). The number of hydrogen-bond donors (Lipinski definition) is 1. The number of piperazine rings is 1. The SMILES string of the molecule is CCOc1ccccc1N1CCN(C(=O)Nc2ccc(F)c(F)c2F)CC1. The lowest BCUT2D eigenvalue weighted by Crippen LogP contribution is -2.50. The summed E-state index contributed by atoms with van der Waals surface area (Å²) in [6.07, 6.45) is 0. The first kappa shape index (κ1) is 18.9. The van der Waals surface area contributed by atoms with Gasteiger partial charge in [0.2, 0.25) is 0 Å². The first-order valence-corrected chi connectivity index (χ1v) is 8.67. The van der Waals surface area contributed by atoms with Crippen molar-refractivity contribution in [1.82, 2.24) is 4.90 Å². The molecule has 3 rings (SSSR count). The predicted octanol–water partition coefficient (Wildman–Crippen LogP) is 3.86. The highest BCUT2D eigenvalue weighted by molar-refractivity contribution is 5.89. The summed E-state index contributed by atoms with van der Waals surface area (Å²) in [5.74, 6) is -3.54. The van der Waals surface area contributed by atoms with Crippen molar-refractivity contribution in [1.29, 1.82) is 0 Å². The van der Waals surface area contributed by atoms with E-state index in [1.807, 2.05) is 31.2 Å². The minimum atomic E-state index is -1.61. The summed E-state index contributed by atoms with van der Waals surface area (Å²) in [5.41, 5.74) is 0.564. The number of carbonyl (C=O) groups excluding carboxylic acids is 1. The van der Waals surface area contributed by atoms with Crippen molar-refractivity contribution in [2.45, 2.75) is 6.92 Å². The molecule has 0 radical (unpaired) electrons. The average Bonchev–Trinajstić information content (AvgIpc) is 2.69. The molecule has 2 aromatic rings. The summed E-state index contributed by atoms with van der Waals surface area (Å²) in [6, 6.07) is 8.88. The quantitative estimate of drug-likeness (QED) is 0.821. The molecule has 1 aliphatic heterocycles. The smallest absolute Gasteiger partial charge is 0.322 e. The van der Waals surface area contributed by atoms with Crippen molar-refractivity contribution in [3.05, 3.63) is 53.8 Å². The summed E-state index contributed by atoms with van der Waals surface area (Å²) in [7, 11) is 0. The molecule has 0 aromatic heterocycles. The Hall–Kier alpha value is -2.90. The van der Waals surface area contributed by atoms with Crippen molar-refractivity contribution in [2.24, 2.45) is 0 Å². The number of carbonyl (C=O) groups is 1. The molecular weight excluding hydrogens is 359 g/mol. The largest absolute Gasteiger partial charge is 0.492 e. The second-order valence-corrected chi connectivity index (χ2v) is 6.03. The second-order valence-electron chi connectivity index (χ2n) is 6.03. The van der Waals surface area contributed by atoms with Gasteiger partial charge in [-0.1, -0.05) is 12.1 Å². The van der Waals surface area contributed by atoms with E-state index in [1.165, 1.54) is 4.90 Å². The number of amides is 2. The lowest BCUT2D eigenvalue weighted by atomic mass is 10.2. The molecule has 144 valence electrons. The van der Waals surface area contributed by atoms with Crippen molar-refractivity contribution in [3.63, 3.8) is 0 Å². The molecule has 8 heteroatoms. The number of anilines is 2. The molecule has 5 nitrogen and oxygen atoms in total. The Bertz CT molecular complexity index is 824. The van der Waals surface area contributed by atoms with Crippen molar-refractivity contribution >= 4 is 17.4 Å². The molecule has 27 heavy (non-hydrogen) atoms. The molecule has 0 aliphatic carbocycles. The summed E-state index contributed by atoms with van der Waals surface area (Å²) in [4.78, 5) is 15.9. The van der Waals surface area contributed by atoms with Crippen molar-refractivity contribution in [3.8, 4) is 5.75 Å². The highest BCUT2D eigenvalue weighted by atomic mass is 19.2. The van der Waals surface area contributed by atoms with Crippen LogP contribution < -0.4 is 15.0 Å². The maximum absolute atomic E-state index is 13.7. The molecule has 0 saturated carbocycles. The number of rotatable bonds is 4. The number of hydrogen-bond acceptors (Lipinski definition) is 3. The van der Waals surface area contributed by atoms with Gasteiger partial charge in [-0.25, -0.2) is 18.0 Å². The maximum Gasteiger partial charge on any atom is 0.322 e. The fraction of sp³-hybridized carbons (Fsp3) is 0.316. The van der Waals surface area contributed by atoms with Crippen LogP contribution in [0.25, 0.3) is 0 Å². The topological polar surface area (TPSA) is 44.8 Å². The van der Waals surface area contributed by atoms with Crippen LogP contribution in [-0.2, 0) is 0 Å². The minimum Gasteiger partial charge on any atom is -0.492 e. The normalized spacial score (nSPS) is 14.2. The number of halogens is 3. The van der Waals surface area contributed by atoms with Crippen LogP contribution in [0.3, 0.4) is 0 Å². The first-order chi connectivity index (χ1) is 13.0. The van der Waals surface area contributed by atoms with Crippen LogP contribution in [0.5, 0.6) is 5.75 Å². The van der Waals surface area contributed by atoms with Gasteiger partial charge < -0.3 is 19.9 Å². The molecule has 0 bridgehead atoms. The van der Waals surface area contributed by atoms with E-state index in [9.17, 15) is 18.0 Å². The Kier molecular flexibility index (Phi) is 5.73. The fourth-order valence-corrected chi connectivity index (χ4v) is 2.96. The van der Waals surface area contributed by atoms with Gasteiger partial charge in [0.05, 0.1) is 18.0 Å². The molecule has 0 atom stereocenters. The molecular formula is C19H20F3N3O2. The van der Waals surface area contributed by atoms with Gasteiger partial charge in [0.25, 0.3) is 0 Å². The van der Waals surface area contributed by atoms with Crippen LogP contribution in [-0.4, -0.2) is 43.7 Å². The lowest BCUT2D eigenvalue weighted by molar-refractivity contribution is 0.208. The highest BCUT2D eigenvalue weighted by Gasteiger charge is 2.24. The minimum absolute atomic E-state index is 0.386. The van der Waals surface area contributed by atoms with Gasteiger partial charge in [-0.05, 0) is 31.2 Å². The van der Waals surface area contributed by atoms with E-state index in [2.05, 4.69) is 10.2 Å². The van der Waals surface area contributed by atoms with Gasteiger partial charge >= 0.3 is 6.03 Å². The molecule has 2 amide bonds. The first-order valence-electron chi connectivity index (χ1n) is 8.67. The zero-order valence-corrected chi connectivity index (χ0v) is 14.8. The zero-order chi connectivity index (χ0) is 19.4. The number of ether oxygens (including phenoxy) is 1. The van der Waals surface area contributed by atoms with Crippen LogP contribution in [0.4, 0.5) is 29.3 Å². The Balaban J connectivity index is 1.63. The van der Waals surface area contributed by atoms with E-state index in [-0.39, 0.29) is 5.69 Å². The molecule has 1 fully saturated rings. The van der Waals surface area contributed by atoms with Gasteiger partial charge in [0.1, 0.15) is 5.75 Å². The van der Waals surface area contributed by atoms with E-state index in [0.29, 0.717) is 32.8 Å². The molecule has 1 heterocycles. The number of nitrogens with one attached hydrogen (secondary N) is 1. The Labute approximate surface area is 155 Å². The summed E-state index contributed by atoms with van der Waals surface area (Å²) in [5, 5.41) is 2.30. The van der Waals surface area contributed by atoms with Gasteiger partial charge in [-0.3, -0.25) is 0 Å². The van der Waals surface area contributed by atoms with Crippen LogP contribution >= 0.6 is 0 Å². The predicted molar refractivity (Wildman–Crippen MR) is 96.7 cm³/mol. The third-order valence-corrected chi connectivity index (χ3v) is 4.35. The zero-order valence-electron chi connectivity index (χ0n) is 14.8. The maximum atomic E-state index is 13.7. The van der Waals surface area contributed by atoms with Gasteiger partial charge in [0.15, 0.2) is 17.5 Å². The van der Waals surface area contributed by atoms with Crippen molar-refractivity contribution in [2.75, 3.05) is 43.0 Å². The Morgan fingerprint density at radius 3 is 2.44 bits per heavy atom. The summed E-state index contributed by atoms with van der Waals surface area (Å²) < 4.78 is 45.6. The monoisotopic (exact) mass is 379 g/mol. The highest BCUT2D eigenvalue weighted by Crippen LogP contribution is 2.29. The number of nitrogens with zero attached hydrogens (tertiary/aromatic N) is 2. The number of para-hydroxylation sites is 2. The number of urea groups is 1. The van der Waals surface area contributed by atoms with Crippen LogP contribution in [0.1, 0.15) is 6.92 Å². The molecule has 0 spiro atoms. The van der Waals surface area contributed by atoms with E-state index < -0.39 is 23.5 Å². The lowest BCUT2D eigenvalue weighted by Gasteiger charge is -2.36. The van der Waals surface area contributed by atoms with Gasteiger partial charge in [-0.2, -0.15) is 0 Å². The van der Waals surface area contributed by atoms with Crippen LogP contribution in [0, 0.1) is 17.5 Å². The summed E-state index contributed by atoms with van der Waals surface area (Å²) >= 11 is 0. The van der Waals surface area contributed by atoms with Crippen molar-refractivity contribution < 1.29 is 22.7 Å². The molecule has 1 saturated heterocycles. The number of benzene rings is 2. The second kappa shape index (κ2) is 8.20. The third kappa shape index (κ3) is 4.10. The average molecular weight is 379 g/mol. The molecule has 0 unspecified atom stereocenters. The molecule has 2 aromatic carbocycles. The fourth-order valence-electron chi connectivity index (χ4n) is 2.96. The Morgan fingerprint density at radius 2 is 1.74 bits per heavy atom. The third-order valence-electron chi connectivity index (χ3n) is 4.35. The van der Waals surface area contributed by atoms with Crippen LogP contribution in [0.15, 0.2) is 36.4 Å². The van der Waals surface area contributed by atoms with E-state index >= 15 is 0 Å².